The minimum Gasteiger partial charge on any atom is -0.459 e. The van der Waals surface area contributed by atoms with Crippen LogP contribution in [0.5, 0.6) is 0 Å². The molecule has 1 N–H and O–H groups in total. The monoisotopic (exact) mass is 398 g/mol. The van der Waals surface area contributed by atoms with Gasteiger partial charge in [0.15, 0.2) is 5.78 Å². The van der Waals surface area contributed by atoms with E-state index in [1.54, 1.807) is 0 Å². The van der Waals surface area contributed by atoms with Crippen LogP contribution in [0.4, 0.5) is 0 Å². The van der Waals surface area contributed by atoms with Gasteiger partial charge in [-0.15, -0.1) is 0 Å². The Balaban J connectivity index is 2.06. The van der Waals surface area contributed by atoms with Gasteiger partial charge in [-0.1, -0.05) is 50.6 Å². The molecule has 1 aromatic heterocycles. The number of amides is 1. The number of carbonyl (C=O) groups excluding carboxylic acids is 3. The number of rotatable bonds is 9. The molecule has 7 heteroatoms. The Bertz CT molecular complexity index is 920. The van der Waals surface area contributed by atoms with E-state index in [0.29, 0.717) is 6.42 Å². The van der Waals surface area contributed by atoms with Crippen molar-refractivity contribution in [2.45, 2.75) is 46.4 Å². The molecule has 154 valence electrons. The number of nitrogens with zero attached hydrogens (tertiary/aromatic N) is 1. The van der Waals surface area contributed by atoms with Crippen molar-refractivity contribution < 1.29 is 19.1 Å². The molecule has 0 radical (unpaired) electrons. The summed E-state index contributed by atoms with van der Waals surface area (Å²) in [6.45, 7) is 4.87. The number of nitrogens with one attached hydrogen (secondary N) is 1. The highest BCUT2D eigenvalue weighted by atomic mass is 16.5. The maximum absolute atomic E-state index is 12.6. The molecular formula is C22H26N2O5. The summed E-state index contributed by atoms with van der Waals surface area (Å²) in [5.41, 5.74) is 0.325. The van der Waals surface area contributed by atoms with E-state index in [1.165, 1.54) is 25.3 Å². The Morgan fingerprint density at radius 2 is 1.79 bits per heavy atom. The lowest BCUT2D eigenvalue weighted by molar-refractivity contribution is -0.150. The SMILES string of the molecule is CCC(C)C(NC(=O)Cn1cccc(C(C)=O)c1=O)C(=O)OCc1ccccc1. The second kappa shape index (κ2) is 10.4. The molecule has 1 aromatic carbocycles. The standard InChI is InChI=1S/C22H26N2O5/c1-4-15(2)20(22(28)29-14-17-9-6-5-7-10-17)23-19(26)13-24-12-8-11-18(16(3)25)21(24)27/h5-12,15,20H,4,13-14H2,1-3H3,(H,23,26). The molecule has 0 spiro atoms. The first-order chi connectivity index (χ1) is 13.8. The molecule has 0 aliphatic heterocycles. The molecule has 2 rings (SSSR count). The summed E-state index contributed by atoms with van der Waals surface area (Å²) in [6.07, 6.45) is 2.09. The molecule has 0 saturated heterocycles. The first-order valence-electron chi connectivity index (χ1n) is 9.53. The summed E-state index contributed by atoms with van der Waals surface area (Å²) < 4.78 is 6.52. The molecule has 0 aliphatic carbocycles. The van der Waals surface area contributed by atoms with Crippen molar-refractivity contribution in [1.82, 2.24) is 9.88 Å². The predicted molar refractivity (Wildman–Crippen MR) is 108 cm³/mol. The third kappa shape index (κ3) is 6.14. The van der Waals surface area contributed by atoms with Crippen molar-refractivity contribution in [3.05, 3.63) is 70.1 Å². The van der Waals surface area contributed by atoms with Crippen LogP contribution in [-0.2, 0) is 27.5 Å². The van der Waals surface area contributed by atoms with Gasteiger partial charge in [-0.25, -0.2) is 4.79 Å². The highest BCUT2D eigenvalue weighted by molar-refractivity contribution is 5.93. The van der Waals surface area contributed by atoms with Gasteiger partial charge in [0.2, 0.25) is 5.91 Å². The van der Waals surface area contributed by atoms with Gasteiger partial charge in [0, 0.05) is 6.20 Å². The number of benzene rings is 1. The van der Waals surface area contributed by atoms with Crippen LogP contribution in [0.25, 0.3) is 0 Å². The lowest BCUT2D eigenvalue weighted by Gasteiger charge is -2.23. The Morgan fingerprint density at radius 1 is 1.10 bits per heavy atom. The van der Waals surface area contributed by atoms with Crippen LogP contribution < -0.4 is 10.9 Å². The summed E-state index contributed by atoms with van der Waals surface area (Å²) in [5.74, 6) is -1.55. The van der Waals surface area contributed by atoms with Crippen molar-refractivity contribution in [2.75, 3.05) is 0 Å². The number of esters is 1. The lowest BCUT2D eigenvalue weighted by atomic mass is 9.99. The Hall–Kier alpha value is -3.22. The van der Waals surface area contributed by atoms with E-state index in [-0.39, 0.29) is 30.4 Å². The van der Waals surface area contributed by atoms with Gasteiger partial charge < -0.3 is 14.6 Å². The van der Waals surface area contributed by atoms with Crippen LogP contribution in [-0.4, -0.2) is 28.3 Å². The summed E-state index contributed by atoms with van der Waals surface area (Å²) in [6, 6.07) is 11.4. The maximum Gasteiger partial charge on any atom is 0.329 e. The minimum atomic E-state index is -0.831. The molecule has 1 heterocycles. The number of hydrogen-bond acceptors (Lipinski definition) is 5. The smallest absolute Gasteiger partial charge is 0.329 e. The predicted octanol–water partition coefficient (Wildman–Crippen LogP) is 2.33. The van der Waals surface area contributed by atoms with E-state index in [0.717, 1.165) is 10.1 Å². The zero-order valence-corrected chi connectivity index (χ0v) is 16.9. The van der Waals surface area contributed by atoms with E-state index in [4.69, 9.17) is 4.74 Å². The fourth-order valence-corrected chi connectivity index (χ4v) is 2.79. The number of hydrogen-bond donors (Lipinski definition) is 1. The van der Waals surface area contributed by atoms with Crippen LogP contribution in [0.2, 0.25) is 0 Å². The van der Waals surface area contributed by atoms with E-state index < -0.39 is 23.5 Å². The van der Waals surface area contributed by atoms with Gasteiger partial charge in [0.1, 0.15) is 19.2 Å². The highest BCUT2D eigenvalue weighted by Crippen LogP contribution is 2.11. The molecule has 2 unspecified atom stereocenters. The Morgan fingerprint density at radius 3 is 2.41 bits per heavy atom. The maximum atomic E-state index is 12.6. The normalized spacial score (nSPS) is 12.7. The molecule has 7 nitrogen and oxygen atoms in total. The molecule has 0 saturated carbocycles. The summed E-state index contributed by atoms with van der Waals surface area (Å²) in [7, 11) is 0. The third-order valence-electron chi connectivity index (χ3n) is 4.72. The van der Waals surface area contributed by atoms with Crippen LogP contribution in [0.1, 0.15) is 43.1 Å². The van der Waals surface area contributed by atoms with Gasteiger partial charge in [0.25, 0.3) is 5.56 Å². The molecule has 1 amide bonds. The van der Waals surface area contributed by atoms with Crippen LogP contribution >= 0.6 is 0 Å². The number of carbonyl (C=O) groups is 3. The Kier molecular flexibility index (Phi) is 7.88. The lowest BCUT2D eigenvalue weighted by Crippen LogP contribution is -2.47. The Labute approximate surface area is 169 Å². The highest BCUT2D eigenvalue weighted by Gasteiger charge is 2.27. The average Bonchev–Trinajstić information content (AvgIpc) is 2.71. The van der Waals surface area contributed by atoms with Crippen molar-refractivity contribution in [3.63, 3.8) is 0 Å². The third-order valence-corrected chi connectivity index (χ3v) is 4.72. The molecule has 0 bridgehead atoms. The zero-order chi connectivity index (χ0) is 21.4. The van der Waals surface area contributed by atoms with Crippen LogP contribution in [0, 0.1) is 5.92 Å². The number of aromatic nitrogens is 1. The topological polar surface area (TPSA) is 94.5 Å². The van der Waals surface area contributed by atoms with E-state index in [1.807, 2.05) is 44.2 Å². The molecular weight excluding hydrogens is 372 g/mol. The first kappa shape index (κ1) is 22.1. The fraction of sp³-hybridized carbons (Fsp3) is 0.364. The molecule has 0 aliphatic rings. The van der Waals surface area contributed by atoms with E-state index in [2.05, 4.69) is 5.32 Å². The largest absolute Gasteiger partial charge is 0.459 e. The zero-order valence-electron chi connectivity index (χ0n) is 16.9. The van der Waals surface area contributed by atoms with Gasteiger partial charge in [-0.05, 0) is 30.5 Å². The molecule has 2 aromatic rings. The van der Waals surface area contributed by atoms with Crippen molar-refractivity contribution in [3.8, 4) is 0 Å². The van der Waals surface area contributed by atoms with Gasteiger partial charge in [-0.3, -0.25) is 14.4 Å². The summed E-state index contributed by atoms with van der Waals surface area (Å²) in [4.78, 5) is 48.9. The van der Waals surface area contributed by atoms with Crippen LogP contribution in [0.3, 0.4) is 0 Å². The van der Waals surface area contributed by atoms with E-state index in [9.17, 15) is 19.2 Å². The van der Waals surface area contributed by atoms with Gasteiger partial charge in [-0.2, -0.15) is 0 Å². The van der Waals surface area contributed by atoms with Crippen molar-refractivity contribution in [1.29, 1.82) is 0 Å². The number of Topliss-reactive ketones (excluding diaryl/α,β-unsaturated/α-hetero) is 1. The molecule has 0 fully saturated rings. The second-order valence-corrected chi connectivity index (χ2v) is 6.94. The number of ether oxygens (including phenoxy) is 1. The molecule has 2 atom stereocenters. The second-order valence-electron chi connectivity index (χ2n) is 6.94. The van der Waals surface area contributed by atoms with E-state index >= 15 is 0 Å². The summed E-state index contributed by atoms with van der Waals surface area (Å²) in [5, 5.41) is 2.67. The van der Waals surface area contributed by atoms with Crippen LogP contribution in [0.15, 0.2) is 53.5 Å². The van der Waals surface area contributed by atoms with Gasteiger partial charge in [0.05, 0.1) is 5.56 Å². The quantitative estimate of drug-likeness (QED) is 0.517. The van der Waals surface area contributed by atoms with Crippen molar-refractivity contribution >= 4 is 17.7 Å². The first-order valence-corrected chi connectivity index (χ1v) is 9.53. The fourth-order valence-electron chi connectivity index (χ4n) is 2.79. The van der Waals surface area contributed by atoms with Crippen molar-refractivity contribution in [2.24, 2.45) is 5.92 Å². The summed E-state index contributed by atoms with van der Waals surface area (Å²) >= 11 is 0. The number of ketones is 1. The minimum absolute atomic E-state index is 0.0149. The molecule has 29 heavy (non-hydrogen) atoms. The number of pyridine rings is 1. The average molecular weight is 398 g/mol. The van der Waals surface area contributed by atoms with Gasteiger partial charge >= 0.3 is 5.97 Å².